The van der Waals surface area contributed by atoms with Crippen molar-refractivity contribution in [3.63, 3.8) is 0 Å². The molecule has 0 saturated carbocycles. The Kier molecular flexibility index (Phi) is 2.06. The quantitative estimate of drug-likeness (QED) is 0.577. The summed E-state index contributed by atoms with van der Waals surface area (Å²) < 4.78 is 16.4. The van der Waals surface area contributed by atoms with E-state index in [0.717, 1.165) is 0 Å². The number of nitrogens with zero attached hydrogens (tertiary/aromatic N) is 1. The second kappa shape index (κ2) is 3.70. The number of ether oxygens (including phenoxy) is 3. The van der Waals surface area contributed by atoms with Gasteiger partial charge in [-0.2, -0.15) is 0 Å². The van der Waals surface area contributed by atoms with Crippen molar-refractivity contribution in [2.75, 3.05) is 11.7 Å². The number of rotatable bonds is 1. The minimum absolute atomic E-state index is 0.157. The standard InChI is InChI=1S/C16H13NO5/c1-16-5-4-10(22-16)12-13(16)15(19)17(14(12)18)8-2-3-9-11(6-8)21-7-20-9/h2-6,10,12-13H,7H2,1H3/t10-,12-,13-,16-/m1/s1. The lowest BCUT2D eigenvalue weighted by molar-refractivity contribution is -0.126. The van der Waals surface area contributed by atoms with Gasteiger partial charge >= 0.3 is 0 Å². The third-order valence-corrected chi connectivity index (χ3v) is 4.94. The third-order valence-electron chi connectivity index (χ3n) is 4.94. The minimum Gasteiger partial charge on any atom is -0.454 e. The normalized spacial score (nSPS) is 37.3. The van der Waals surface area contributed by atoms with E-state index in [1.165, 1.54) is 4.90 Å². The smallest absolute Gasteiger partial charge is 0.241 e. The SMILES string of the molecule is C[C@]12C=C[C@@H](O1)[C@H]1C(=O)N(c3ccc4c(c3)OCO4)C(=O)[C@@H]12. The lowest BCUT2D eigenvalue weighted by atomic mass is 9.78. The highest BCUT2D eigenvalue weighted by Gasteiger charge is 2.66. The van der Waals surface area contributed by atoms with E-state index in [-0.39, 0.29) is 24.7 Å². The van der Waals surface area contributed by atoms with Gasteiger partial charge in [-0.05, 0) is 19.1 Å². The van der Waals surface area contributed by atoms with Crippen molar-refractivity contribution < 1.29 is 23.8 Å². The molecule has 5 rings (SSSR count). The summed E-state index contributed by atoms with van der Waals surface area (Å²) in [4.78, 5) is 26.8. The number of carbonyl (C=O) groups excluding carboxylic acids is 2. The summed E-state index contributed by atoms with van der Waals surface area (Å²) in [5.74, 6) is -0.0951. The molecule has 1 aromatic carbocycles. The van der Waals surface area contributed by atoms with E-state index in [1.807, 2.05) is 19.1 Å². The van der Waals surface area contributed by atoms with E-state index < -0.39 is 17.4 Å². The molecule has 1 aromatic rings. The first kappa shape index (κ1) is 12.2. The number of fused-ring (bicyclic) bond motifs is 6. The van der Waals surface area contributed by atoms with Crippen LogP contribution in [-0.4, -0.2) is 30.3 Å². The van der Waals surface area contributed by atoms with Gasteiger partial charge in [-0.3, -0.25) is 9.59 Å². The van der Waals surface area contributed by atoms with Crippen LogP contribution in [0.1, 0.15) is 6.92 Å². The largest absolute Gasteiger partial charge is 0.454 e. The second-order valence-corrected chi connectivity index (χ2v) is 6.18. The predicted octanol–water partition coefficient (Wildman–Crippen LogP) is 1.25. The maximum absolute atomic E-state index is 12.8. The Labute approximate surface area is 126 Å². The molecule has 22 heavy (non-hydrogen) atoms. The number of hydrogen-bond donors (Lipinski definition) is 0. The molecule has 112 valence electrons. The van der Waals surface area contributed by atoms with Gasteiger partial charge in [0.15, 0.2) is 11.5 Å². The Balaban J connectivity index is 1.58. The lowest BCUT2D eigenvalue weighted by Crippen LogP contribution is -2.38. The van der Waals surface area contributed by atoms with Gasteiger partial charge < -0.3 is 14.2 Å². The van der Waals surface area contributed by atoms with Gasteiger partial charge in [0.2, 0.25) is 18.6 Å². The van der Waals surface area contributed by atoms with Gasteiger partial charge in [0.1, 0.15) is 0 Å². The van der Waals surface area contributed by atoms with Gasteiger partial charge in [-0.1, -0.05) is 12.2 Å². The van der Waals surface area contributed by atoms with Crippen LogP contribution in [0.25, 0.3) is 0 Å². The van der Waals surface area contributed by atoms with Crippen LogP contribution in [0.4, 0.5) is 5.69 Å². The Morgan fingerprint density at radius 2 is 2.00 bits per heavy atom. The van der Waals surface area contributed by atoms with Crippen LogP contribution in [0.2, 0.25) is 0 Å². The molecule has 6 nitrogen and oxygen atoms in total. The molecule has 0 N–H and O–H groups in total. The van der Waals surface area contributed by atoms with Crippen LogP contribution in [0.3, 0.4) is 0 Å². The molecule has 4 aliphatic rings. The van der Waals surface area contributed by atoms with Crippen molar-refractivity contribution in [2.24, 2.45) is 11.8 Å². The molecule has 2 amide bonds. The number of anilines is 1. The Hall–Kier alpha value is -2.34. The fourth-order valence-electron chi connectivity index (χ4n) is 3.93. The summed E-state index contributed by atoms with van der Waals surface area (Å²) in [5.41, 5.74) is -0.149. The highest BCUT2D eigenvalue weighted by molar-refractivity contribution is 6.23. The molecule has 4 atom stereocenters. The highest BCUT2D eigenvalue weighted by atomic mass is 16.7. The summed E-state index contributed by atoms with van der Waals surface area (Å²) in [5, 5.41) is 0. The van der Waals surface area contributed by atoms with E-state index in [2.05, 4.69) is 0 Å². The monoisotopic (exact) mass is 299 g/mol. The van der Waals surface area contributed by atoms with Crippen LogP contribution in [0.5, 0.6) is 11.5 Å². The van der Waals surface area contributed by atoms with Crippen LogP contribution >= 0.6 is 0 Å². The first-order valence-electron chi connectivity index (χ1n) is 7.23. The molecule has 0 aromatic heterocycles. The predicted molar refractivity (Wildman–Crippen MR) is 74.5 cm³/mol. The molecule has 0 radical (unpaired) electrons. The highest BCUT2D eigenvalue weighted by Crippen LogP contribution is 2.52. The molecule has 0 aliphatic carbocycles. The third kappa shape index (κ3) is 1.29. The average Bonchev–Trinajstić information content (AvgIpc) is 3.20. The van der Waals surface area contributed by atoms with Crippen LogP contribution in [-0.2, 0) is 14.3 Å². The van der Waals surface area contributed by atoms with E-state index in [9.17, 15) is 9.59 Å². The first-order chi connectivity index (χ1) is 10.6. The summed E-state index contributed by atoms with van der Waals surface area (Å²) in [6.07, 6.45) is 3.48. The summed E-state index contributed by atoms with van der Waals surface area (Å²) in [7, 11) is 0. The second-order valence-electron chi connectivity index (χ2n) is 6.18. The Bertz CT molecular complexity index is 757. The molecular weight excluding hydrogens is 286 g/mol. The first-order valence-corrected chi connectivity index (χ1v) is 7.23. The van der Waals surface area contributed by atoms with Crippen LogP contribution in [0, 0.1) is 11.8 Å². The number of amides is 2. The summed E-state index contributed by atoms with van der Waals surface area (Å²) in [6.45, 7) is 2.02. The van der Waals surface area contributed by atoms with Crippen molar-refractivity contribution in [3.8, 4) is 11.5 Å². The van der Waals surface area contributed by atoms with Crippen LogP contribution in [0.15, 0.2) is 30.4 Å². The fourth-order valence-corrected chi connectivity index (χ4v) is 3.93. The minimum atomic E-state index is -0.673. The van der Waals surface area contributed by atoms with Crippen molar-refractivity contribution in [1.29, 1.82) is 0 Å². The van der Waals surface area contributed by atoms with Crippen molar-refractivity contribution >= 4 is 17.5 Å². The summed E-state index contributed by atoms with van der Waals surface area (Å²) in [6, 6.07) is 5.11. The molecule has 2 saturated heterocycles. The van der Waals surface area contributed by atoms with E-state index in [4.69, 9.17) is 14.2 Å². The molecule has 2 bridgehead atoms. The zero-order valence-corrected chi connectivity index (χ0v) is 11.8. The molecule has 6 heteroatoms. The van der Waals surface area contributed by atoms with E-state index in [1.54, 1.807) is 18.2 Å². The maximum Gasteiger partial charge on any atom is 0.241 e. The van der Waals surface area contributed by atoms with E-state index >= 15 is 0 Å². The lowest BCUT2D eigenvalue weighted by Gasteiger charge is -2.24. The van der Waals surface area contributed by atoms with Gasteiger partial charge in [0, 0.05) is 6.07 Å². The Morgan fingerprint density at radius 3 is 2.82 bits per heavy atom. The van der Waals surface area contributed by atoms with Gasteiger partial charge in [-0.25, -0.2) is 4.90 Å². The number of benzene rings is 1. The van der Waals surface area contributed by atoms with E-state index in [0.29, 0.717) is 17.2 Å². The van der Waals surface area contributed by atoms with Crippen LogP contribution < -0.4 is 14.4 Å². The molecule has 2 fully saturated rings. The summed E-state index contributed by atoms with van der Waals surface area (Å²) >= 11 is 0. The molecular formula is C16H13NO5. The number of imide groups is 1. The van der Waals surface area contributed by atoms with Crippen molar-refractivity contribution in [2.45, 2.75) is 18.6 Å². The average molecular weight is 299 g/mol. The topological polar surface area (TPSA) is 65.1 Å². The Morgan fingerprint density at radius 1 is 1.18 bits per heavy atom. The molecule has 4 heterocycles. The molecule has 0 spiro atoms. The molecule has 0 unspecified atom stereocenters. The zero-order chi connectivity index (χ0) is 15.1. The van der Waals surface area contributed by atoms with Gasteiger partial charge in [0.05, 0.1) is 29.2 Å². The fraction of sp³-hybridized carbons (Fsp3) is 0.375. The zero-order valence-electron chi connectivity index (χ0n) is 11.8. The van der Waals surface area contributed by atoms with Gasteiger partial charge in [0.25, 0.3) is 0 Å². The van der Waals surface area contributed by atoms with Crippen molar-refractivity contribution in [3.05, 3.63) is 30.4 Å². The van der Waals surface area contributed by atoms with Crippen molar-refractivity contribution in [1.82, 2.24) is 0 Å². The van der Waals surface area contributed by atoms with Gasteiger partial charge in [-0.15, -0.1) is 0 Å². The molecule has 4 aliphatic heterocycles. The maximum atomic E-state index is 12.8. The number of hydrogen-bond acceptors (Lipinski definition) is 5. The number of carbonyl (C=O) groups is 2.